The maximum atomic E-state index is 5.55. The van der Waals surface area contributed by atoms with Gasteiger partial charge in [-0.1, -0.05) is 53.0 Å². The molecule has 1 aliphatic heterocycles. The number of ether oxygens (including phenoxy) is 1. The van der Waals surface area contributed by atoms with Crippen molar-refractivity contribution in [1.29, 1.82) is 0 Å². The molecule has 162 valence electrons. The molecule has 2 heterocycles. The van der Waals surface area contributed by atoms with Crippen LogP contribution in [-0.2, 0) is 6.54 Å². The van der Waals surface area contributed by atoms with Gasteiger partial charge >= 0.3 is 0 Å². The van der Waals surface area contributed by atoms with Gasteiger partial charge in [-0.3, -0.25) is 0 Å². The average Bonchev–Trinajstić information content (AvgIpc) is 3.25. The van der Waals surface area contributed by atoms with E-state index in [1.54, 1.807) is 31.4 Å². The number of hydrogen-bond acceptors (Lipinski definition) is 4. The number of aryl methyl sites for hydroxylation is 1. The van der Waals surface area contributed by atoms with E-state index in [0.29, 0.717) is 6.54 Å². The Balaban J connectivity index is 0.000000260. The number of hydrogen-bond donors (Lipinski definition) is 1. The lowest BCUT2D eigenvalue weighted by molar-refractivity contribution is 0.415. The number of allylic oxidation sites excluding steroid dienone is 1. The second-order valence-corrected chi connectivity index (χ2v) is 8.09. The number of nitrogens with one attached hydrogen (secondary N) is 1. The van der Waals surface area contributed by atoms with Crippen molar-refractivity contribution in [1.82, 2.24) is 14.8 Å². The van der Waals surface area contributed by atoms with Gasteiger partial charge in [0.05, 0.1) is 13.7 Å². The molecule has 4 aromatic rings. The third-order valence-electron chi connectivity index (χ3n) is 4.90. The SMILES string of the molecule is COc1ccc(C2=CCn3nc(-c4ccc(C)cc4)nc3N2)cc1.Clc1ccc(Cl)cc1. The van der Waals surface area contributed by atoms with E-state index in [1.165, 1.54) is 5.56 Å². The number of methoxy groups -OCH3 is 1. The van der Waals surface area contributed by atoms with Gasteiger partial charge in [-0.15, -0.1) is 5.10 Å². The van der Waals surface area contributed by atoms with Crippen molar-refractivity contribution in [2.45, 2.75) is 13.5 Å². The summed E-state index contributed by atoms with van der Waals surface area (Å²) in [5.74, 6) is 2.35. The molecule has 3 aromatic carbocycles. The van der Waals surface area contributed by atoms with Crippen molar-refractivity contribution in [2.24, 2.45) is 0 Å². The molecular weight excluding hydrogens is 443 g/mol. The number of benzene rings is 3. The van der Waals surface area contributed by atoms with Gasteiger partial charge in [0.2, 0.25) is 5.95 Å². The van der Waals surface area contributed by atoms with Crippen LogP contribution in [0.5, 0.6) is 5.75 Å². The highest BCUT2D eigenvalue weighted by Crippen LogP contribution is 2.26. The van der Waals surface area contributed by atoms with E-state index in [4.69, 9.17) is 27.9 Å². The number of aromatic nitrogens is 3. The fourth-order valence-electron chi connectivity index (χ4n) is 3.13. The van der Waals surface area contributed by atoms with Crippen LogP contribution < -0.4 is 10.1 Å². The summed E-state index contributed by atoms with van der Waals surface area (Å²) >= 11 is 11.1. The molecule has 0 saturated carbocycles. The van der Waals surface area contributed by atoms with Crippen molar-refractivity contribution in [3.63, 3.8) is 0 Å². The molecule has 0 radical (unpaired) electrons. The number of rotatable bonds is 3. The molecule has 0 aliphatic carbocycles. The maximum absolute atomic E-state index is 5.55. The summed E-state index contributed by atoms with van der Waals surface area (Å²) in [6.07, 6.45) is 2.11. The second-order valence-electron chi connectivity index (χ2n) is 7.21. The van der Waals surface area contributed by atoms with E-state index in [0.717, 1.165) is 44.4 Å². The van der Waals surface area contributed by atoms with Crippen molar-refractivity contribution in [3.05, 3.63) is 100 Å². The molecule has 0 saturated heterocycles. The fraction of sp³-hybridized carbons (Fsp3) is 0.120. The number of anilines is 1. The molecule has 0 atom stereocenters. The van der Waals surface area contributed by atoms with Gasteiger partial charge in [0.15, 0.2) is 5.82 Å². The highest BCUT2D eigenvalue weighted by atomic mass is 35.5. The summed E-state index contributed by atoms with van der Waals surface area (Å²) in [6.45, 7) is 2.77. The molecule has 0 unspecified atom stereocenters. The molecule has 1 N–H and O–H groups in total. The maximum Gasteiger partial charge on any atom is 0.226 e. The summed E-state index contributed by atoms with van der Waals surface area (Å²) in [6, 6.07) is 23.2. The minimum absolute atomic E-state index is 0.697. The Hall–Kier alpha value is -3.28. The van der Waals surface area contributed by atoms with Gasteiger partial charge in [0.1, 0.15) is 5.75 Å². The normalized spacial score (nSPS) is 12.1. The molecule has 1 aliphatic rings. The Morgan fingerprint density at radius 1 is 0.844 bits per heavy atom. The van der Waals surface area contributed by atoms with Gasteiger partial charge in [0, 0.05) is 21.3 Å². The first kappa shape index (κ1) is 21.9. The third kappa shape index (κ3) is 5.31. The van der Waals surface area contributed by atoms with E-state index in [9.17, 15) is 0 Å². The van der Waals surface area contributed by atoms with Gasteiger partial charge in [-0.2, -0.15) is 4.98 Å². The largest absolute Gasteiger partial charge is 0.497 e. The van der Waals surface area contributed by atoms with Gasteiger partial charge < -0.3 is 10.1 Å². The van der Waals surface area contributed by atoms with Crippen LogP contribution >= 0.6 is 23.2 Å². The summed E-state index contributed by atoms with van der Waals surface area (Å²) in [7, 11) is 1.67. The highest BCUT2D eigenvalue weighted by molar-refractivity contribution is 6.32. The topological polar surface area (TPSA) is 52.0 Å². The first-order chi connectivity index (χ1) is 15.5. The molecule has 0 amide bonds. The molecular formula is C25H22Cl2N4O. The van der Waals surface area contributed by atoms with E-state index < -0.39 is 0 Å². The Bertz CT molecular complexity index is 1190. The van der Waals surface area contributed by atoms with E-state index in [-0.39, 0.29) is 0 Å². The molecule has 0 fully saturated rings. The van der Waals surface area contributed by atoms with E-state index in [2.05, 4.69) is 52.7 Å². The van der Waals surface area contributed by atoms with Crippen LogP contribution in [0.15, 0.2) is 78.9 Å². The van der Waals surface area contributed by atoms with Crippen LogP contribution in [0.3, 0.4) is 0 Å². The van der Waals surface area contributed by atoms with Gasteiger partial charge in [-0.05, 0) is 67.1 Å². The minimum Gasteiger partial charge on any atom is -0.497 e. The van der Waals surface area contributed by atoms with Crippen LogP contribution in [0.4, 0.5) is 5.95 Å². The minimum atomic E-state index is 0.697. The number of nitrogens with zero attached hydrogens (tertiary/aromatic N) is 3. The van der Waals surface area contributed by atoms with Crippen molar-refractivity contribution in [3.8, 4) is 17.1 Å². The third-order valence-corrected chi connectivity index (χ3v) is 5.40. The number of fused-ring (bicyclic) bond motifs is 1. The van der Waals surface area contributed by atoms with Crippen molar-refractivity contribution >= 4 is 34.8 Å². The molecule has 0 bridgehead atoms. The Morgan fingerprint density at radius 2 is 1.44 bits per heavy atom. The summed E-state index contributed by atoms with van der Waals surface area (Å²) in [5, 5.41) is 9.38. The fourth-order valence-corrected chi connectivity index (χ4v) is 3.38. The zero-order valence-electron chi connectivity index (χ0n) is 17.7. The lowest BCUT2D eigenvalue weighted by Gasteiger charge is -2.16. The quantitative estimate of drug-likeness (QED) is 0.365. The van der Waals surface area contributed by atoms with Crippen molar-refractivity contribution in [2.75, 3.05) is 12.4 Å². The predicted molar refractivity (Wildman–Crippen MR) is 131 cm³/mol. The van der Waals surface area contributed by atoms with E-state index in [1.807, 2.05) is 28.9 Å². The van der Waals surface area contributed by atoms with Crippen molar-refractivity contribution < 1.29 is 4.74 Å². The predicted octanol–water partition coefficient (Wildman–Crippen LogP) is 6.72. The first-order valence-corrected chi connectivity index (χ1v) is 10.8. The molecule has 32 heavy (non-hydrogen) atoms. The molecule has 7 heteroatoms. The first-order valence-electron chi connectivity index (χ1n) is 10.1. The summed E-state index contributed by atoms with van der Waals surface area (Å²) in [4.78, 5) is 4.64. The lowest BCUT2D eigenvalue weighted by Crippen LogP contribution is -2.13. The Labute approximate surface area is 197 Å². The zero-order chi connectivity index (χ0) is 22.5. The summed E-state index contributed by atoms with van der Waals surface area (Å²) < 4.78 is 7.08. The monoisotopic (exact) mass is 464 g/mol. The van der Waals surface area contributed by atoms with Crippen LogP contribution in [0.2, 0.25) is 10.0 Å². The second kappa shape index (κ2) is 9.90. The smallest absolute Gasteiger partial charge is 0.226 e. The van der Waals surface area contributed by atoms with Crippen LogP contribution in [0.25, 0.3) is 17.1 Å². The van der Waals surface area contributed by atoms with Gasteiger partial charge in [0.25, 0.3) is 0 Å². The molecule has 5 nitrogen and oxygen atoms in total. The Morgan fingerprint density at radius 3 is 2.03 bits per heavy atom. The lowest BCUT2D eigenvalue weighted by atomic mass is 10.1. The highest BCUT2D eigenvalue weighted by Gasteiger charge is 2.16. The van der Waals surface area contributed by atoms with Crippen LogP contribution in [-0.4, -0.2) is 21.9 Å². The zero-order valence-corrected chi connectivity index (χ0v) is 19.2. The van der Waals surface area contributed by atoms with Crippen LogP contribution in [0.1, 0.15) is 11.1 Å². The van der Waals surface area contributed by atoms with Gasteiger partial charge in [-0.25, -0.2) is 4.68 Å². The average molecular weight is 465 g/mol. The van der Waals surface area contributed by atoms with Crippen LogP contribution in [0, 0.1) is 6.92 Å². The standard InChI is InChI=1S/C19H18N4O.C6H4Cl2/c1-13-3-5-15(6-4-13)18-21-19-20-17(11-12-23(19)22-18)14-7-9-16(24-2)10-8-14;7-5-1-2-6(8)4-3-5/h3-11H,12H2,1-2H3,(H,20,21,22);1-4H. The number of halogens is 2. The molecule has 5 rings (SSSR count). The molecule has 0 spiro atoms. The summed E-state index contributed by atoms with van der Waals surface area (Å²) in [5.41, 5.74) is 4.38. The van der Waals surface area contributed by atoms with E-state index >= 15 is 0 Å². The molecule has 1 aromatic heterocycles. The Kier molecular flexibility index (Phi) is 6.78.